The molecule has 6 nitrogen and oxygen atoms in total. The Bertz CT molecular complexity index is 412. The van der Waals surface area contributed by atoms with E-state index < -0.39 is 6.10 Å². The molecule has 0 aliphatic carbocycles. The number of anilines is 2. The van der Waals surface area contributed by atoms with Crippen LogP contribution in [-0.4, -0.2) is 55.0 Å². The summed E-state index contributed by atoms with van der Waals surface area (Å²) in [6, 6.07) is 0. The van der Waals surface area contributed by atoms with E-state index in [1.54, 1.807) is 7.11 Å². The average molecular weight is 268 g/mol. The van der Waals surface area contributed by atoms with Crippen molar-refractivity contribution in [3.05, 3.63) is 11.4 Å². The molecule has 0 aliphatic heterocycles. The summed E-state index contributed by atoms with van der Waals surface area (Å²) in [5.74, 6) is 2.39. The molecule has 6 heteroatoms. The fraction of sp³-hybridized carbons (Fsp3) is 0.692. The van der Waals surface area contributed by atoms with Gasteiger partial charge in [0.15, 0.2) is 0 Å². The Hall–Kier alpha value is -1.40. The van der Waals surface area contributed by atoms with Crippen molar-refractivity contribution in [2.75, 3.05) is 44.1 Å². The fourth-order valence-electron chi connectivity index (χ4n) is 1.97. The molecule has 0 saturated carbocycles. The van der Waals surface area contributed by atoms with Gasteiger partial charge in [-0.25, -0.2) is 9.97 Å². The second-order valence-electron chi connectivity index (χ2n) is 4.59. The molecule has 0 radical (unpaired) electrons. The van der Waals surface area contributed by atoms with Gasteiger partial charge in [0.2, 0.25) is 0 Å². The molecule has 1 rings (SSSR count). The van der Waals surface area contributed by atoms with Gasteiger partial charge in [0.05, 0.1) is 12.7 Å². The number of nitrogens with zero attached hydrogens (tertiary/aromatic N) is 3. The third-order valence-electron chi connectivity index (χ3n) is 2.78. The summed E-state index contributed by atoms with van der Waals surface area (Å²) in [6.07, 6.45) is -0.535. The Kier molecular flexibility index (Phi) is 5.98. The SMILES string of the molecule is CCNc1nc(C)nc(N(C)CC(O)COC)c1C. The smallest absolute Gasteiger partial charge is 0.137 e. The maximum absolute atomic E-state index is 9.79. The zero-order valence-electron chi connectivity index (χ0n) is 12.4. The van der Waals surface area contributed by atoms with E-state index in [2.05, 4.69) is 15.3 Å². The van der Waals surface area contributed by atoms with Crippen molar-refractivity contribution in [2.24, 2.45) is 0 Å². The van der Waals surface area contributed by atoms with Crippen LogP contribution >= 0.6 is 0 Å². The largest absolute Gasteiger partial charge is 0.389 e. The Morgan fingerprint density at radius 2 is 2.05 bits per heavy atom. The van der Waals surface area contributed by atoms with Crippen LogP contribution in [0.3, 0.4) is 0 Å². The maximum Gasteiger partial charge on any atom is 0.137 e. The molecule has 19 heavy (non-hydrogen) atoms. The average Bonchev–Trinajstić information content (AvgIpc) is 2.33. The van der Waals surface area contributed by atoms with E-state index in [1.807, 2.05) is 32.7 Å². The van der Waals surface area contributed by atoms with Crippen molar-refractivity contribution in [1.29, 1.82) is 0 Å². The monoisotopic (exact) mass is 268 g/mol. The number of methoxy groups -OCH3 is 1. The van der Waals surface area contributed by atoms with Crippen molar-refractivity contribution in [3.8, 4) is 0 Å². The molecule has 0 bridgehead atoms. The van der Waals surface area contributed by atoms with Crippen molar-refractivity contribution in [1.82, 2.24) is 9.97 Å². The number of hydrogen-bond acceptors (Lipinski definition) is 6. The number of ether oxygens (including phenoxy) is 1. The number of aliphatic hydroxyl groups is 1. The summed E-state index contributed by atoms with van der Waals surface area (Å²) < 4.78 is 4.93. The first-order valence-corrected chi connectivity index (χ1v) is 6.46. The molecule has 108 valence electrons. The number of aromatic nitrogens is 2. The lowest BCUT2D eigenvalue weighted by molar-refractivity contribution is 0.0694. The maximum atomic E-state index is 9.79. The molecule has 1 heterocycles. The Morgan fingerprint density at radius 3 is 2.63 bits per heavy atom. The van der Waals surface area contributed by atoms with E-state index in [0.29, 0.717) is 19.0 Å². The molecule has 1 aromatic heterocycles. The van der Waals surface area contributed by atoms with E-state index >= 15 is 0 Å². The summed E-state index contributed by atoms with van der Waals surface area (Å²) in [6.45, 7) is 7.47. The molecule has 1 aromatic rings. The lowest BCUT2D eigenvalue weighted by atomic mass is 10.2. The predicted octanol–water partition coefficient (Wildman–Crippen LogP) is 0.969. The molecule has 1 atom stereocenters. The minimum atomic E-state index is -0.535. The minimum absolute atomic E-state index is 0.313. The molecule has 1 unspecified atom stereocenters. The van der Waals surface area contributed by atoms with Crippen LogP contribution in [0.25, 0.3) is 0 Å². The fourth-order valence-corrected chi connectivity index (χ4v) is 1.97. The second kappa shape index (κ2) is 7.25. The minimum Gasteiger partial charge on any atom is -0.389 e. The van der Waals surface area contributed by atoms with E-state index in [0.717, 1.165) is 23.7 Å². The van der Waals surface area contributed by atoms with Gasteiger partial charge in [-0.05, 0) is 20.8 Å². The normalized spacial score (nSPS) is 12.3. The van der Waals surface area contributed by atoms with Crippen molar-refractivity contribution >= 4 is 11.6 Å². The highest BCUT2D eigenvalue weighted by molar-refractivity contribution is 5.58. The second-order valence-corrected chi connectivity index (χ2v) is 4.59. The van der Waals surface area contributed by atoms with Crippen molar-refractivity contribution in [3.63, 3.8) is 0 Å². The molecule has 0 spiro atoms. The summed E-state index contributed by atoms with van der Waals surface area (Å²) in [5.41, 5.74) is 0.986. The summed E-state index contributed by atoms with van der Waals surface area (Å²) in [5, 5.41) is 13.0. The third kappa shape index (κ3) is 4.33. The van der Waals surface area contributed by atoms with Gasteiger partial charge in [-0.1, -0.05) is 0 Å². The number of nitrogens with one attached hydrogen (secondary N) is 1. The highest BCUT2D eigenvalue weighted by Gasteiger charge is 2.15. The van der Waals surface area contributed by atoms with Gasteiger partial charge in [-0.2, -0.15) is 0 Å². The standard InChI is InChI=1S/C13H24N4O2/c1-6-14-12-9(2)13(16-10(3)15-12)17(4)7-11(18)8-19-5/h11,18H,6-8H2,1-5H3,(H,14,15,16). The molecule has 0 aromatic carbocycles. The van der Waals surface area contributed by atoms with Crippen LogP contribution in [0.5, 0.6) is 0 Å². The van der Waals surface area contributed by atoms with Gasteiger partial charge in [0.25, 0.3) is 0 Å². The van der Waals surface area contributed by atoms with E-state index in [4.69, 9.17) is 4.74 Å². The Balaban J connectivity index is 2.92. The van der Waals surface area contributed by atoms with Crippen molar-refractivity contribution in [2.45, 2.75) is 26.9 Å². The van der Waals surface area contributed by atoms with Crippen LogP contribution in [0.15, 0.2) is 0 Å². The number of aliphatic hydroxyl groups excluding tert-OH is 1. The van der Waals surface area contributed by atoms with Gasteiger partial charge >= 0.3 is 0 Å². The molecule has 0 saturated heterocycles. The number of rotatable bonds is 7. The Labute approximate surface area is 114 Å². The van der Waals surface area contributed by atoms with Crippen LogP contribution in [0.4, 0.5) is 11.6 Å². The van der Waals surface area contributed by atoms with Crippen LogP contribution in [-0.2, 0) is 4.74 Å². The number of likely N-dealkylation sites (N-methyl/N-ethyl adjacent to an activating group) is 1. The van der Waals surface area contributed by atoms with E-state index in [1.165, 1.54) is 0 Å². The third-order valence-corrected chi connectivity index (χ3v) is 2.78. The van der Waals surface area contributed by atoms with Crippen LogP contribution in [0.2, 0.25) is 0 Å². The van der Waals surface area contributed by atoms with Gasteiger partial charge in [0, 0.05) is 32.8 Å². The first-order chi connectivity index (χ1) is 8.99. The van der Waals surface area contributed by atoms with Crippen molar-refractivity contribution < 1.29 is 9.84 Å². The van der Waals surface area contributed by atoms with Crippen LogP contribution in [0, 0.1) is 13.8 Å². The van der Waals surface area contributed by atoms with Crippen LogP contribution < -0.4 is 10.2 Å². The summed E-state index contributed by atoms with van der Waals surface area (Å²) in [4.78, 5) is 10.8. The van der Waals surface area contributed by atoms with E-state index in [-0.39, 0.29) is 0 Å². The lowest BCUT2D eigenvalue weighted by Gasteiger charge is -2.24. The van der Waals surface area contributed by atoms with Gasteiger partial charge < -0.3 is 20.1 Å². The number of aryl methyl sites for hydroxylation is 1. The van der Waals surface area contributed by atoms with Gasteiger partial charge in [0.1, 0.15) is 17.5 Å². The molecular formula is C13H24N4O2. The highest BCUT2D eigenvalue weighted by atomic mass is 16.5. The molecular weight excluding hydrogens is 244 g/mol. The van der Waals surface area contributed by atoms with E-state index in [9.17, 15) is 5.11 Å². The van der Waals surface area contributed by atoms with Gasteiger partial charge in [-0.3, -0.25) is 0 Å². The summed E-state index contributed by atoms with van der Waals surface area (Å²) in [7, 11) is 3.48. The Morgan fingerprint density at radius 1 is 1.37 bits per heavy atom. The topological polar surface area (TPSA) is 70.5 Å². The molecule has 0 aliphatic rings. The zero-order chi connectivity index (χ0) is 14.4. The van der Waals surface area contributed by atoms with Gasteiger partial charge in [-0.15, -0.1) is 0 Å². The molecule has 2 N–H and O–H groups in total. The highest BCUT2D eigenvalue weighted by Crippen LogP contribution is 2.22. The lowest BCUT2D eigenvalue weighted by Crippen LogP contribution is -2.33. The summed E-state index contributed by atoms with van der Waals surface area (Å²) >= 11 is 0. The first-order valence-electron chi connectivity index (χ1n) is 6.46. The molecule has 0 fully saturated rings. The van der Waals surface area contributed by atoms with Crippen LogP contribution in [0.1, 0.15) is 18.3 Å². The quantitative estimate of drug-likeness (QED) is 0.768. The zero-order valence-corrected chi connectivity index (χ0v) is 12.4. The predicted molar refractivity (Wildman–Crippen MR) is 76.8 cm³/mol. The number of hydrogen-bond donors (Lipinski definition) is 2. The molecule has 0 amide bonds. The first kappa shape index (κ1) is 15.7.